The van der Waals surface area contributed by atoms with Crippen molar-refractivity contribution in [2.45, 2.75) is 20.0 Å². The van der Waals surface area contributed by atoms with Gasteiger partial charge in [-0.1, -0.05) is 0 Å². The standard InChI is InChI=1S/C14H18N2O6/c1-3-20-10-4-6-11(7-5-10)21-8-12(17)22-9(2)13(18)16-14(15)19/h4-7,9H,3,8H2,1-2H3,(H3,15,16,18,19)/t9-/m1/s1. The molecule has 8 heteroatoms. The van der Waals surface area contributed by atoms with E-state index in [9.17, 15) is 14.4 Å². The third-order valence-electron chi connectivity index (χ3n) is 2.42. The summed E-state index contributed by atoms with van der Waals surface area (Å²) in [6.45, 7) is 3.36. The van der Waals surface area contributed by atoms with E-state index in [4.69, 9.17) is 19.9 Å². The third-order valence-corrected chi connectivity index (χ3v) is 2.42. The van der Waals surface area contributed by atoms with Crippen molar-refractivity contribution in [1.29, 1.82) is 0 Å². The number of nitrogens with one attached hydrogen (secondary N) is 1. The van der Waals surface area contributed by atoms with Gasteiger partial charge in [0.2, 0.25) is 0 Å². The molecule has 0 heterocycles. The fraction of sp³-hybridized carbons (Fsp3) is 0.357. The van der Waals surface area contributed by atoms with Gasteiger partial charge in [-0.2, -0.15) is 0 Å². The number of benzene rings is 1. The van der Waals surface area contributed by atoms with Gasteiger partial charge in [-0.05, 0) is 38.1 Å². The molecule has 1 atom stereocenters. The summed E-state index contributed by atoms with van der Waals surface area (Å²) in [4.78, 5) is 33.3. The van der Waals surface area contributed by atoms with Gasteiger partial charge in [0.05, 0.1) is 6.61 Å². The summed E-state index contributed by atoms with van der Waals surface area (Å²) in [5, 5.41) is 1.81. The van der Waals surface area contributed by atoms with E-state index < -0.39 is 24.0 Å². The van der Waals surface area contributed by atoms with Crippen molar-refractivity contribution in [3.63, 3.8) is 0 Å². The molecule has 0 aliphatic rings. The van der Waals surface area contributed by atoms with E-state index in [1.807, 2.05) is 12.2 Å². The molecule has 0 fully saturated rings. The summed E-state index contributed by atoms with van der Waals surface area (Å²) < 4.78 is 15.3. The number of rotatable bonds is 7. The SMILES string of the molecule is CCOc1ccc(OCC(=O)O[C@H](C)C(=O)NC(N)=O)cc1. The number of hydrogen-bond acceptors (Lipinski definition) is 6. The highest BCUT2D eigenvalue weighted by atomic mass is 16.6. The lowest BCUT2D eigenvalue weighted by Crippen LogP contribution is -2.42. The Kier molecular flexibility index (Phi) is 6.68. The first-order valence-electron chi connectivity index (χ1n) is 6.57. The molecule has 22 heavy (non-hydrogen) atoms. The van der Waals surface area contributed by atoms with Crippen LogP contribution in [0.5, 0.6) is 11.5 Å². The number of carbonyl (C=O) groups is 3. The van der Waals surface area contributed by atoms with Gasteiger partial charge >= 0.3 is 12.0 Å². The molecule has 0 saturated heterocycles. The Labute approximate surface area is 127 Å². The van der Waals surface area contributed by atoms with E-state index in [1.165, 1.54) is 6.92 Å². The van der Waals surface area contributed by atoms with Gasteiger partial charge in [-0.15, -0.1) is 0 Å². The molecule has 0 unspecified atom stereocenters. The highest BCUT2D eigenvalue weighted by molar-refractivity contribution is 5.96. The lowest BCUT2D eigenvalue weighted by molar-refractivity contribution is -0.156. The molecule has 0 bridgehead atoms. The highest BCUT2D eigenvalue weighted by Gasteiger charge is 2.19. The minimum absolute atomic E-state index is 0.373. The van der Waals surface area contributed by atoms with Crippen LogP contribution < -0.4 is 20.5 Å². The van der Waals surface area contributed by atoms with Crippen LogP contribution in [-0.2, 0) is 14.3 Å². The Morgan fingerprint density at radius 3 is 2.18 bits per heavy atom. The highest BCUT2D eigenvalue weighted by Crippen LogP contribution is 2.17. The van der Waals surface area contributed by atoms with E-state index in [0.717, 1.165) is 0 Å². The number of hydrogen-bond donors (Lipinski definition) is 2. The predicted octanol–water partition coefficient (Wildman–Crippen LogP) is 0.591. The molecule has 0 spiro atoms. The van der Waals surface area contributed by atoms with Crippen molar-refractivity contribution in [3.8, 4) is 11.5 Å². The Hall–Kier alpha value is -2.77. The van der Waals surface area contributed by atoms with Gasteiger partial charge < -0.3 is 19.9 Å². The minimum Gasteiger partial charge on any atom is -0.494 e. The molecule has 0 radical (unpaired) electrons. The number of imide groups is 1. The zero-order valence-electron chi connectivity index (χ0n) is 12.3. The van der Waals surface area contributed by atoms with Crippen LogP contribution in [0.1, 0.15) is 13.8 Å². The van der Waals surface area contributed by atoms with Crippen molar-refractivity contribution in [2.75, 3.05) is 13.2 Å². The third kappa shape index (κ3) is 6.12. The number of carbonyl (C=O) groups excluding carboxylic acids is 3. The second kappa shape index (κ2) is 8.50. The Balaban J connectivity index is 2.39. The maximum Gasteiger partial charge on any atom is 0.344 e. The van der Waals surface area contributed by atoms with Crippen molar-refractivity contribution < 1.29 is 28.6 Å². The first-order chi connectivity index (χ1) is 10.4. The summed E-state index contributed by atoms with van der Waals surface area (Å²) in [7, 11) is 0. The second-order valence-corrected chi connectivity index (χ2v) is 4.18. The molecular formula is C14H18N2O6. The molecule has 3 amide bonds. The van der Waals surface area contributed by atoms with Crippen molar-refractivity contribution in [3.05, 3.63) is 24.3 Å². The fourth-order valence-electron chi connectivity index (χ4n) is 1.45. The quantitative estimate of drug-likeness (QED) is 0.712. The van der Waals surface area contributed by atoms with Crippen LogP contribution in [-0.4, -0.2) is 37.2 Å². The van der Waals surface area contributed by atoms with E-state index in [-0.39, 0.29) is 6.61 Å². The lowest BCUT2D eigenvalue weighted by Gasteiger charge is -2.12. The molecule has 8 nitrogen and oxygen atoms in total. The van der Waals surface area contributed by atoms with Gasteiger partial charge in [0, 0.05) is 0 Å². The number of urea groups is 1. The van der Waals surface area contributed by atoms with Crippen LogP contribution >= 0.6 is 0 Å². The summed E-state index contributed by atoms with van der Waals surface area (Å²) in [6, 6.07) is 5.67. The smallest absolute Gasteiger partial charge is 0.344 e. The molecule has 0 saturated carbocycles. The van der Waals surface area contributed by atoms with E-state index >= 15 is 0 Å². The van der Waals surface area contributed by atoms with Crippen LogP contribution in [0, 0.1) is 0 Å². The number of esters is 1. The molecule has 0 aromatic heterocycles. The topological polar surface area (TPSA) is 117 Å². The first kappa shape index (κ1) is 17.3. The largest absolute Gasteiger partial charge is 0.494 e. The van der Waals surface area contributed by atoms with Crippen LogP contribution in [0.15, 0.2) is 24.3 Å². The number of amides is 3. The average Bonchev–Trinajstić information content (AvgIpc) is 2.46. The minimum atomic E-state index is -1.15. The maximum absolute atomic E-state index is 11.5. The molecule has 120 valence electrons. The lowest BCUT2D eigenvalue weighted by atomic mass is 10.3. The Morgan fingerprint density at radius 2 is 1.68 bits per heavy atom. The zero-order chi connectivity index (χ0) is 16.5. The molecular weight excluding hydrogens is 292 g/mol. The summed E-state index contributed by atoms with van der Waals surface area (Å²) in [5.41, 5.74) is 4.78. The van der Waals surface area contributed by atoms with Crippen LogP contribution in [0.3, 0.4) is 0 Å². The van der Waals surface area contributed by atoms with E-state index in [1.54, 1.807) is 24.3 Å². The number of primary amides is 1. The Bertz CT molecular complexity index is 529. The van der Waals surface area contributed by atoms with Crippen LogP contribution in [0.2, 0.25) is 0 Å². The van der Waals surface area contributed by atoms with Gasteiger partial charge in [0.1, 0.15) is 11.5 Å². The normalized spacial score (nSPS) is 11.2. The van der Waals surface area contributed by atoms with Crippen molar-refractivity contribution in [2.24, 2.45) is 5.73 Å². The zero-order valence-corrected chi connectivity index (χ0v) is 12.3. The summed E-state index contributed by atoms with van der Waals surface area (Å²) in [6.07, 6.45) is -1.15. The number of ether oxygens (including phenoxy) is 3. The molecule has 1 rings (SSSR count). The first-order valence-corrected chi connectivity index (χ1v) is 6.57. The summed E-state index contributed by atoms with van der Waals surface area (Å²) in [5.74, 6) is -0.410. The molecule has 3 N–H and O–H groups in total. The van der Waals surface area contributed by atoms with Crippen LogP contribution in [0.4, 0.5) is 4.79 Å². The van der Waals surface area contributed by atoms with Gasteiger partial charge in [0.25, 0.3) is 5.91 Å². The molecule has 1 aromatic rings. The van der Waals surface area contributed by atoms with Gasteiger partial charge in [-0.25, -0.2) is 9.59 Å². The van der Waals surface area contributed by atoms with Crippen LogP contribution in [0.25, 0.3) is 0 Å². The van der Waals surface area contributed by atoms with Gasteiger partial charge in [0.15, 0.2) is 12.7 Å². The number of nitrogens with two attached hydrogens (primary N) is 1. The Morgan fingerprint density at radius 1 is 1.14 bits per heavy atom. The molecule has 0 aliphatic heterocycles. The fourth-order valence-corrected chi connectivity index (χ4v) is 1.45. The summed E-state index contributed by atoms with van der Waals surface area (Å²) >= 11 is 0. The molecule has 1 aromatic carbocycles. The maximum atomic E-state index is 11.5. The van der Waals surface area contributed by atoms with Crippen molar-refractivity contribution in [1.82, 2.24) is 5.32 Å². The second-order valence-electron chi connectivity index (χ2n) is 4.18. The molecule has 0 aliphatic carbocycles. The monoisotopic (exact) mass is 310 g/mol. The predicted molar refractivity (Wildman–Crippen MR) is 76.4 cm³/mol. The van der Waals surface area contributed by atoms with Gasteiger partial charge in [-0.3, -0.25) is 10.1 Å². The van der Waals surface area contributed by atoms with E-state index in [0.29, 0.717) is 18.1 Å². The van der Waals surface area contributed by atoms with E-state index in [2.05, 4.69) is 0 Å². The average molecular weight is 310 g/mol. The van der Waals surface area contributed by atoms with Crippen molar-refractivity contribution >= 4 is 17.9 Å².